The highest BCUT2D eigenvalue weighted by atomic mass is 127. The molecule has 0 spiro atoms. The van der Waals surface area contributed by atoms with Gasteiger partial charge in [0.15, 0.2) is 0 Å². The molecule has 138 valence electrons. The lowest BCUT2D eigenvalue weighted by molar-refractivity contribution is 1.34. The van der Waals surface area contributed by atoms with Crippen molar-refractivity contribution in [1.29, 1.82) is 0 Å². The van der Waals surface area contributed by atoms with E-state index >= 15 is 0 Å². The SMILES string of the molecule is Brc1ccc(I)c(C[P+](c2ccccc2)(c2ccccc2)c2ccccc2)c1. The number of halogens is 2. The molecule has 28 heavy (non-hydrogen) atoms. The van der Waals surface area contributed by atoms with Crippen molar-refractivity contribution in [2.45, 2.75) is 6.16 Å². The zero-order valence-electron chi connectivity index (χ0n) is 15.3. The van der Waals surface area contributed by atoms with E-state index < -0.39 is 7.26 Å². The fourth-order valence-electron chi connectivity index (χ4n) is 3.69. The summed E-state index contributed by atoms with van der Waals surface area (Å²) in [6.45, 7) is 0. The predicted molar refractivity (Wildman–Crippen MR) is 136 cm³/mol. The van der Waals surface area contributed by atoms with E-state index in [0.29, 0.717) is 0 Å². The van der Waals surface area contributed by atoms with Crippen LogP contribution in [0.3, 0.4) is 0 Å². The Bertz CT molecular complexity index is 953. The van der Waals surface area contributed by atoms with Crippen LogP contribution in [0.1, 0.15) is 5.56 Å². The van der Waals surface area contributed by atoms with Crippen molar-refractivity contribution in [3.05, 3.63) is 123 Å². The van der Waals surface area contributed by atoms with Crippen molar-refractivity contribution in [2.75, 3.05) is 0 Å². The zero-order chi connectivity index (χ0) is 19.4. The molecule has 0 nitrogen and oxygen atoms in total. The first kappa shape index (κ1) is 19.8. The maximum atomic E-state index is 3.68. The van der Waals surface area contributed by atoms with Crippen LogP contribution in [0.25, 0.3) is 0 Å². The molecule has 0 bridgehead atoms. The minimum Gasteiger partial charge on any atom is -0.0620 e. The minimum atomic E-state index is -1.85. The van der Waals surface area contributed by atoms with E-state index in [4.69, 9.17) is 0 Å². The van der Waals surface area contributed by atoms with Gasteiger partial charge in [-0.25, -0.2) is 0 Å². The van der Waals surface area contributed by atoms with Crippen molar-refractivity contribution in [3.8, 4) is 0 Å². The second kappa shape index (κ2) is 8.90. The molecule has 0 atom stereocenters. The Morgan fingerprint density at radius 2 is 1.04 bits per heavy atom. The highest BCUT2D eigenvalue weighted by molar-refractivity contribution is 14.1. The van der Waals surface area contributed by atoms with Gasteiger partial charge >= 0.3 is 0 Å². The van der Waals surface area contributed by atoms with E-state index in [2.05, 4.69) is 148 Å². The number of hydrogen-bond donors (Lipinski definition) is 0. The molecule has 4 aromatic rings. The lowest BCUT2D eigenvalue weighted by Gasteiger charge is -2.28. The largest absolute Gasteiger partial charge is 0.116 e. The van der Waals surface area contributed by atoms with Crippen LogP contribution in [-0.4, -0.2) is 0 Å². The molecule has 3 heteroatoms. The fourth-order valence-corrected chi connectivity index (χ4v) is 9.18. The molecule has 0 saturated heterocycles. The van der Waals surface area contributed by atoms with E-state index in [9.17, 15) is 0 Å². The van der Waals surface area contributed by atoms with Gasteiger partial charge in [0.05, 0.1) is 6.16 Å². The van der Waals surface area contributed by atoms with Crippen molar-refractivity contribution in [1.82, 2.24) is 0 Å². The fraction of sp³-hybridized carbons (Fsp3) is 0.0400. The monoisotopic (exact) mass is 557 g/mol. The lowest BCUT2D eigenvalue weighted by Crippen LogP contribution is -2.32. The van der Waals surface area contributed by atoms with Crippen molar-refractivity contribution >= 4 is 61.7 Å². The summed E-state index contributed by atoms with van der Waals surface area (Å²) in [5, 5.41) is 4.26. The highest BCUT2D eigenvalue weighted by Crippen LogP contribution is 2.58. The molecule has 0 radical (unpaired) electrons. The average Bonchev–Trinajstić information content (AvgIpc) is 2.76. The van der Waals surface area contributed by atoms with E-state index in [0.717, 1.165) is 10.6 Å². The van der Waals surface area contributed by atoms with Gasteiger partial charge in [0.2, 0.25) is 0 Å². The van der Waals surface area contributed by atoms with E-state index in [-0.39, 0.29) is 0 Å². The highest BCUT2D eigenvalue weighted by Gasteiger charge is 2.45. The molecule has 0 amide bonds. The number of hydrogen-bond acceptors (Lipinski definition) is 0. The standard InChI is InChI=1S/C25H20BrIP/c26-21-16-17-25(27)20(18-21)19-28(22-10-4-1-5-11-22,23-12-6-2-7-13-23)24-14-8-3-9-15-24/h1-18H,19H2/q+1. The second-order valence-electron chi connectivity index (χ2n) is 6.71. The third-order valence-electron chi connectivity index (χ3n) is 5.01. The summed E-state index contributed by atoms with van der Waals surface area (Å²) in [7, 11) is -1.85. The van der Waals surface area contributed by atoms with E-state index in [1.54, 1.807) is 0 Å². The van der Waals surface area contributed by atoms with Crippen LogP contribution in [0.5, 0.6) is 0 Å². The van der Waals surface area contributed by atoms with E-state index in [1.807, 2.05) is 0 Å². The van der Waals surface area contributed by atoms with Crippen molar-refractivity contribution < 1.29 is 0 Å². The van der Waals surface area contributed by atoms with Gasteiger partial charge in [-0.15, -0.1) is 0 Å². The molecular formula is C25H20BrIP+. The third-order valence-corrected chi connectivity index (χ3v) is 10.9. The summed E-state index contributed by atoms with van der Waals surface area (Å²) in [5.74, 6) is 0. The zero-order valence-corrected chi connectivity index (χ0v) is 19.9. The first-order chi connectivity index (χ1) is 13.7. The average molecular weight is 558 g/mol. The Kier molecular flexibility index (Phi) is 6.30. The van der Waals surface area contributed by atoms with Gasteiger partial charge in [0, 0.05) is 13.6 Å². The molecule has 0 saturated carbocycles. The quantitative estimate of drug-likeness (QED) is 0.193. The van der Waals surface area contributed by atoms with Crippen LogP contribution < -0.4 is 15.9 Å². The van der Waals surface area contributed by atoms with Gasteiger partial charge in [0.25, 0.3) is 0 Å². The Morgan fingerprint density at radius 1 is 0.607 bits per heavy atom. The maximum absolute atomic E-state index is 3.68. The van der Waals surface area contributed by atoms with Crippen LogP contribution in [0.15, 0.2) is 114 Å². The number of rotatable bonds is 5. The smallest absolute Gasteiger partial charge is 0.0620 e. The van der Waals surface area contributed by atoms with Gasteiger partial charge in [-0.1, -0.05) is 70.5 Å². The molecule has 0 unspecified atom stereocenters. The molecule has 0 aliphatic heterocycles. The third kappa shape index (κ3) is 3.96. The van der Waals surface area contributed by atoms with Gasteiger partial charge < -0.3 is 0 Å². The molecule has 0 heterocycles. The lowest BCUT2D eigenvalue weighted by atomic mass is 10.2. The summed E-state index contributed by atoms with van der Waals surface area (Å²) < 4.78 is 2.45. The summed E-state index contributed by atoms with van der Waals surface area (Å²) in [6.07, 6.45) is 1.00. The Balaban J connectivity index is 2.02. The van der Waals surface area contributed by atoms with Crippen molar-refractivity contribution in [3.63, 3.8) is 0 Å². The van der Waals surface area contributed by atoms with Gasteiger partial charge in [-0.3, -0.25) is 0 Å². The van der Waals surface area contributed by atoms with Crippen LogP contribution >= 0.6 is 45.8 Å². The maximum Gasteiger partial charge on any atom is 0.116 e. The summed E-state index contributed by atoms with van der Waals surface area (Å²) in [6, 6.07) is 39.8. The predicted octanol–water partition coefficient (Wildman–Crippen LogP) is 6.55. The van der Waals surface area contributed by atoms with E-state index in [1.165, 1.54) is 25.0 Å². The Hall–Kier alpha value is -1.48. The molecule has 0 fully saturated rings. The van der Waals surface area contributed by atoms with Crippen LogP contribution in [0.2, 0.25) is 0 Å². The minimum absolute atomic E-state index is 1.00. The Labute approximate surface area is 189 Å². The molecular weight excluding hydrogens is 538 g/mol. The first-order valence-electron chi connectivity index (χ1n) is 9.19. The second-order valence-corrected chi connectivity index (χ2v) is 12.3. The molecule has 4 rings (SSSR count). The molecule has 0 N–H and O–H groups in total. The summed E-state index contributed by atoms with van der Waals surface area (Å²) >= 11 is 6.15. The molecule has 4 aromatic carbocycles. The molecule has 0 aliphatic rings. The van der Waals surface area contributed by atoms with Gasteiger partial charge in [-0.05, 0) is 77.2 Å². The summed E-state index contributed by atoms with van der Waals surface area (Å²) in [4.78, 5) is 0. The van der Waals surface area contributed by atoms with Crippen LogP contribution in [-0.2, 0) is 6.16 Å². The normalized spacial score (nSPS) is 11.4. The number of benzene rings is 4. The molecule has 0 aromatic heterocycles. The summed E-state index contributed by atoms with van der Waals surface area (Å²) in [5.41, 5.74) is 1.39. The Morgan fingerprint density at radius 3 is 1.46 bits per heavy atom. The topological polar surface area (TPSA) is 0 Å². The van der Waals surface area contributed by atoms with Gasteiger partial charge in [0.1, 0.15) is 23.2 Å². The van der Waals surface area contributed by atoms with Crippen molar-refractivity contribution in [2.24, 2.45) is 0 Å². The molecule has 0 aliphatic carbocycles. The van der Waals surface area contributed by atoms with Crippen LogP contribution in [0, 0.1) is 3.57 Å². The van der Waals surface area contributed by atoms with Crippen LogP contribution in [0.4, 0.5) is 0 Å². The van der Waals surface area contributed by atoms with Gasteiger partial charge in [-0.2, -0.15) is 0 Å². The first-order valence-corrected chi connectivity index (χ1v) is 13.0.